The van der Waals surface area contributed by atoms with Gasteiger partial charge >= 0.3 is 0 Å². The molecule has 12 heteroatoms. The molecule has 2 aliphatic heterocycles. The van der Waals surface area contributed by atoms with Gasteiger partial charge in [0.1, 0.15) is 30.2 Å². The first kappa shape index (κ1) is 27.0. The Morgan fingerprint density at radius 3 is 2.47 bits per heavy atom. The van der Waals surface area contributed by atoms with E-state index in [1.54, 1.807) is 31.3 Å². The van der Waals surface area contributed by atoms with Gasteiger partial charge in [-0.3, -0.25) is 4.79 Å². The molecule has 6 N–H and O–H groups in total. The van der Waals surface area contributed by atoms with Gasteiger partial charge in [-0.1, -0.05) is 6.92 Å². The zero-order chi connectivity index (χ0) is 25.4. The molecule has 0 spiro atoms. The number of anilines is 1. The highest BCUT2D eigenvalue weighted by Gasteiger charge is 2.48. The van der Waals surface area contributed by atoms with E-state index >= 15 is 4.11 Å². The van der Waals surface area contributed by atoms with Crippen LogP contribution in [-0.4, -0.2) is 90.4 Å². The minimum atomic E-state index is -3.17. The van der Waals surface area contributed by atoms with Gasteiger partial charge in [0.15, 0.2) is 12.4 Å². The van der Waals surface area contributed by atoms with Gasteiger partial charge in [-0.05, 0) is 37.7 Å². The summed E-state index contributed by atoms with van der Waals surface area (Å²) in [7, 11) is -1.64. The van der Waals surface area contributed by atoms with Gasteiger partial charge in [-0.25, -0.2) is 0 Å². The number of hydrogen-bond acceptors (Lipinski definition) is 9. The molecular formula is C22H34FNO9Si. The standard InChI is InChI=1S/C22H34FNO9Si/c1-10-18(31-2)12-9-11(24-21(29)20-16(27)15(26)17(28)22(30)33-20)5-6-13(12)32-19(10)14(7-8-25)34(3,4)23/h5-6,9-10,14-20,22,25-28,30H,7-8H2,1-4H3,(H,24,29)/t10-,14?,15-,16-,17+,18-,19-,20-,22+/m0/s1. The molecule has 0 radical (unpaired) electrons. The highest BCUT2D eigenvalue weighted by molar-refractivity contribution is 6.72. The summed E-state index contributed by atoms with van der Waals surface area (Å²) < 4.78 is 31.9. The fourth-order valence-corrected chi connectivity index (χ4v) is 6.75. The minimum absolute atomic E-state index is 0.150. The number of nitrogens with one attached hydrogen (secondary N) is 1. The predicted molar refractivity (Wildman–Crippen MR) is 121 cm³/mol. The van der Waals surface area contributed by atoms with Crippen molar-refractivity contribution in [3.8, 4) is 5.75 Å². The van der Waals surface area contributed by atoms with E-state index in [4.69, 9.17) is 14.2 Å². The average Bonchev–Trinajstić information content (AvgIpc) is 2.77. The first-order valence-electron chi connectivity index (χ1n) is 11.2. The molecule has 1 amide bonds. The molecule has 1 aromatic rings. The second kappa shape index (κ2) is 10.5. The second-order valence-corrected chi connectivity index (χ2v) is 13.3. The van der Waals surface area contributed by atoms with Crippen molar-refractivity contribution in [2.24, 2.45) is 5.92 Å². The van der Waals surface area contributed by atoms with Crippen molar-refractivity contribution in [3.05, 3.63) is 23.8 Å². The summed E-state index contributed by atoms with van der Waals surface area (Å²) in [4.78, 5) is 12.7. The number of aliphatic hydroxyl groups excluding tert-OH is 5. The van der Waals surface area contributed by atoms with Crippen LogP contribution in [0.2, 0.25) is 18.6 Å². The lowest BCUT2D eigenvalue weighted by atomic mass is 9.86. The van der Waals surface area contributed by atoms with Crippen LogP contribution in [0.3, 0.4) is 0 Å². The molecule has 1 fully saturated rings. The molecule has 10 nitrogen and oxygen atoms in total. The van der Waals surface area contributed by atoms with Gasteiger partial charge < -0.3 is 49.2 Å². The fraction of sp³-hybridized carbons (Fsp3) is 0.682. The van der Waals surface area contributed by atoms with Gasteiger partial charge in [0.25, 0.3) is 5.91 Å². The van der Waals surface area contributed by atoms with Gasteiger partial charge in [-0.2, -0.15) is 0 Å². The number of ether oxygens (including phenoxy) is 3. The molecule has 1 unspecified atom stereocenters. The third-order valence-electron chi connectivity index (χ3n) is 6.66. The molecule has 9 atom stereocenters. The van der Waals surface area contributed by atoms with Gasteiger partial charge in [0, 0.05) is 36.4 Å². The second-order valence-electron chi connectivity index (χ2n) is 9.44. The van der Waals surface area contributed by atoms with Crippen molar-refractivity contribution in [2.75, 3.05) is 19.0 Å². The van der Waals surface area contributed by atoms with Crippen molar-refractivity contribution in [1.82, 2.24) is 0 Å². The number of aliphatic hydroxyl groups is 5. The molecule has 1 aromatic carbocycles. The van der Waals surface area contributed by atoms with Crippen molar-refractivity contribution >= 4 is 20.0 Å². The van der Waals surface area contributed by atoms with Crippen LogP contribution in [-0.2, 0) is 14.3 Å². The van der Waals surface area contributed by atoms with Crippen LogP contribution < -0.4 is 10.1 Å². The first-order valence-corrected chi connectivity index (χ1v) is 14.2. The summed E-state index contributed by atoms with van der Waals surface area (Å²) in [5.41, 5.74) is 0.500. The Morgan fingerprint density at radius 1 is 1.21 bits per heavy atom. The summed E-state index contributed by atoms with van der Waals surface area (Å²) in [6.07, 6.45) is -9.40. The van der Waals surface area contributed by atoms with Crippen LogP contribution in [0.25, 0.3) is 0 Å². The summed E-state index contributed by atoms with van der Waals surface area (Å²) in [5.74, 6) is -0.614. The highest BCUT2D eigenvalue weighted by Crippen LogP contribution is 2.47. The lowest BCUT2D eigenvalue weighted by Crippen LogP contribution is -2.60. The number of benzene rings is 1. The highest BCUT2D eigenvalue weighted by atomic mass is 28.4. The largest absolute Gasteiger partial charge is 0.490 e. The molecule has 0 bridgehead atoms. The van der Waals surface area contributed by atoms with Crippen LogP contribution in [0, 0.1) is 5.92 Å². The monoisotopic (exact) mass is 503 g/mol. The number of rotatable bonds is 7. The number of methoxy groups -OCH3 is 1. The third-order valence-corrected chi connectivity index (χ3v) is 9.04. The van der Waals surface area contributed by atoms with Crippen LogP contribution in [0.1, 0.15) is 25.0 Å². The van der Waals surface area contributed by atoms with Crippen molar-refractivity contribution < 1.29 is 48.6 Å². The lowest BCUT2D eigenvalue weighted by Gasteiger charge is -2.43. The zero-order valence-corrected chi connectivity index (χ0v) is 20.6. The topological polar surface area (TPSA) is 158 Å². The predicted octanol–water partition coefficient (Wildman–Crippen LogP) is 0.437. The molecule has 0 aromatic heterocycles. The maximum atomic E-state index is 15.1. The van der Waals surface area contributed by atoms with E-state index in [1.165, 1.54) is 7.11 Å². The molecule has 2 heterocycles. The Labute approximate surface area is 198 Å². The van der Waals surface area contributed by atoms with Gasteiger partial charge in [-0.15, -0.1) is 0 Å². The van der Waals surface area contributed by atoms with Gasteiger partial charge in [0.2, 0.25) is 8.41 Å². The van der Waals surface area contributed by atoms with E-state index in [0.29, 0.717) is 17.0 Å². The van der Waals surface area contributed by atoms with E-state index in [1.807, 2.05) is 6.92 Å². The van der Waals surface area contributed by atoms with Gasteiger partial charge in [0.05, 0.1) is 6.10 Å². The molecular weight excluding hydrogens is 469 g/mol. The lowest BCUT2D eigenvalue weighted by molar-refractivity contribution is -0.274. The Balaban J connectivity index is 1.83. The number of fused-ring (bicyclic) bond motifs is 1. The smallest absolute Gasteiger partial charge is 0.256 e. The first-order chi connectivity index (χ1) is 15.9. The van der Waals surface area contributed by atoms with Crippen LogP contribution in [0.15, 0.2) is 18.2 Å². The number of carbonyl (C=O) groups is 1. The van der Waals surface area contributed by atoms with E-state index in [2.05, 4.69) is 5.32 Å². The van der Waals surface area contributed by atoms with Crippen LogP contribution in [0.4, 0.5) is 9.80 Å². The van der Waals surface area contributed by atoms with Crippen molar-refractivity contribution in [1.29, 1.82) is 0 Å². The van der Waals surface area contributed by atoms with Crippen molar-refractivity contribution in [3.63, 3.8) is 0 Å². The molecule has 0 aliphatic carbocycles. The quantitative estimate of drug-likeness (QED) is 0.229. The number of halogens is 1. The minimum Gasteiger partial charge on any atom is -0.490 e. The zero-order valence-electron chi connectivity index (χ0n) is 19.6. The van der Waals surface area contributed by atoms with E-state index in [0.717, 1.165) is 0 Å². The number of carbonyl (C=O) groups excluding carboxylic acids is 1. The maximum Gasteiger partial charge on any atom is 0.256 e. The number of hydrogen-bond donors (Lipinski definition) is 6. The number of amides is 1. The molecule has 0 saturated carbocycles. The summed E-state index contributed by atoms with van der Waals surface area (Å²) in [5, 5.41) is 51.2. The molecule has 3 rings (SSSR count). The molecule has 192 valence electrons. The van der Waals surface area contributed by atoms with Crippen molar-refractivity contribution in [2.45, 2.75) is 74.9 Å². The van der Waals surface area contributed by atoms with Crippen LogP contribution >= 0.6 is 0 Å². The Kier molecular flexibility index (Phi) is 8.36. The van der Waals surface area contributed by atoms with E-state index in [-0.39, 0.29) is 18.9 Å². The summed E-state index contributed by atoms with van der Waals surface area (Å²) in [6.45, 7) is 4.92. The summed E-state index contributed by atoms with van der Waals surface area (Å²) in [6, 6.07) is 4.79. The normalized spacial score (nSPS) is 34.6. The maximum absolute atomic E-state index is 15.1. The third kappa shape index (κ3) is 5.29. The fourth-order valence-electron chi connectivity index (χ4n) is 4.78. The van der Waals surface area contributed by atoms with E-state index in [9.17, 15) is 30.3 Å². The average molecular weight is 504 g/mol. The Morgan fingerprint density at radius 2 is 1.88 bits per heavy atom. The molecule has 2 aliphatic rings. The SMILES string of the molecule is CO[C@@H]1c2cc(NC(=O)[C@H]3O[C@@H](O)[C@H](O)[C@@H](O)[C@@H]3O)ccc2O[C@H](C(CCO)[Si](C)(C)F)[C@H]1C. The van der Waals surface area contributed by atoms with Crippen LogP contribution in [0.5, 0.6) is 5.75 Å². The molecule has 1 saturated heterocycles. The summed E-state index contributed by atoms with van der Waals surface area (Å²) >= 11 is 0. The Hall–Kier alpha value is -1.64. The molecule has 34 heavy (non-hydrogen) atoms. The van der Waals surface area contributed by atoms with E-state index < -0.39 is 62.8 Å². The Bertz CT molecular complexity index is 869.